The Morgan fingerprint density at radius 1 is 0.794 bits per heavy atom. The average Bonchev–Trinajstić information content (AvgIpc) is 3.00. The lowest BCUT2D eigenvalue weighted by molar-refractivity contribution is -0.239. The zero-order valence-corrected chi connectivity index (χ0v) is 24.0. The summed E-state index contributed by atoms with van der Waals surface area (Å²) >= 11 is 3.83. The van der Waals surface area contributed by atoms with Gasteiger partial charge in [-0.3, -0.25) is 9.59 Å². The van der Waals surface area contributed by atoms with Crippen LogP contribution in [0.15, 0.2) is 0 Å². The van der Waals surface area contributed by atoms with Gasteiger partial charge in [0.1, 0.15) is 6.10 Å². The highest BCUT2D eigenvalue weighted by Gasteiger charge is 2.75. The van der Waals surface area contributed by atoms with Gasteiger partial charge in [-0.25, -0.2) is 0 Å². The molecular weight excluding hydrogens is 488 g/mol. The van der Waals surface area contributed by atoms with Crippen LogP contribution < -0.4 is 0 Å². The number of rotatable bonds is 0. The van der Waals surface area contributed by atoms with Crippen LogP contribution in [0.1, 0.15) is 106 Å². The van der Waals surface area contributed by atoms with Crippen LogP contribution in [0.3, 0.4) is 0 Å². The maximum atomic E-state index is 13.4. The lowest BCUT2D eigenvalue weighted by atomic mass is 9.31. The highest BCUT2D eigenvalue weighted by atomic mass is 79.9. The monoisotopic (exact) mass is 532 g/mol. The van der Waals surface area contributed by atoms with Crippen LogP contribution in [0.5, 0.6) is 0 Å². The van der Waals surface area contributed by atoms with Gasteiger partial charge in [-0.2, -0.15) is 0 Å². The number of ether oxygens (including phenoxy) is 1. The molecule has 7 unspecified atom stereocenters. The van der Waals surface area contributed by atoms with Gasteiger partial charge in [0.15, 0.2) is 5.78 Å². The van der Waals surface area contributed by atoms with Crippen LogP contribution in [0.2, 0.25) is 0 Å². The number of carbonyl (C=O) groups excluding carboxylic acids is 2. The normalized spacial score (nSPS) is 57.1. The molecule has 0 spiro atoms. The van der Waals surface area contributed by atoms with E-state index in [0.29, 0.717) is 29.5 Å². The molecule has 5 aliphatic carbocycles. The van der Waals surface area contributed by atoms with Gasteiger partial charge in [0.25, 0.3) is 0 Å². The Hall–Kier alpha value is -0.380. The zero-order valence-electron chi connectivity index (χ0n) is 22.4. The molecule has 0 aromatic heterocycles. The molecule has 1 aliphatic heterocycles. The minimum absolute atomic E-state index is 0.0211. The van der Waals surface area contributed by atoms with Gasteiger partial charge in [0.05, 0.1) is 10.2 Å². The Morgan fingerprint density at radius 2 is 1.47 bits per heavy atom. The summed E-state index contributed by atoms with van der Waals surface area (Å²) in [5.41, 5.74) is 0.259. The smallest absolute Gasteiger partial charge is 0.312 e. The van der Waals surface area contributed by atoms with Crippen LogP contribution >= 0.6 is 15.9 Å². The van der Waals surface area contributed by atoms with E-state index in [1.807, 2.05) is 0 Å². The van der Waals surface area contributed by atoms with Gasteiger partial charge < -0.3 is 4.74 Å². The van der Waals surface area contributed by atoms with E-state index in [4.69, 9.17) is 4.74 Å². The first kappa shape index (κ1) is 24.0. The Morgan fingerprint density at radius 3 is 2.18 bits per heavy atom. The number of fused-ring (bicyclic) bond motifs is 5. The van der Waals surface area contributed by atoms with E-state index in [0.717, 1.165) is 38.5 Å². The zero-order chi connectivity index (χ0) is 24.7. The number of halogens is 1. The first-order valence-electron chi connectivity index (χ1n) is 14.0. The Labute approximate surface area is 215 Å². The maximum Gasteiger partial charge on any atom is 0.312 e. The Bertz CT molecular complexity index is 955. The Kier molecular flexibility index (Phi) is 4.75. The molecule has 190 valence electrons. The SMILES string of the molecule is CC1(C)CCC23CC[C@]4(C)C(CCC5[C@@]6(C)CC(Br)C(=O)C(C)(C)C6CC[C@]54C)C2C1OC3=O. The fourth-order valence-electron chi connectivity index (χ4n) is 11.7. The van der Waals surface area contributed by atoms with E-state index >= 15 is 0 Å². The summed E-state index contributed by atoms with van der Waals surface area (Å²) in [5, 5.41) is 0. The molecule has 34 heavy (non-hydrogen) atoms. The molecule has 0 aromatic carbocycles. The number of carbonyl (C=O) groups is 2. The van der Waals surface area contributed by atoms with E-state index in [2.05, 4.69) is 64.4 Å². The minimum Gasteiger partial charge on any atom is -0.461 e. The fraction of sp³-hybridized carbons (Fsp3) is 0.933. The molecular formula is C30H45BrO3. The number of hydrogen-bond acceptors (Lipinski definition) is 3. The topological polar surface area (TPSA) is 43.4 Å². The summed E-state index contributed by atoms with van der Waals surface area (Å²) in [6, 6.07) is 0. The summed E-state index contributed by atoms with van der Waals surface area (Å²) in [4.78, 5) is 26.5. The van der Waals surface area contributed by atoms with Crippen molar-refractivity contribution in [3.8, 4) is 0 Å². The standard InChI is InChI=1S/C30H45BrO3/c1-25(2)12-14-30-15-13-28(6)17(21(30)23(25)34-24(30)33)8-9-20-27(5)16-18(31)22(32)26(3,4)19(27)10-11-29(20,28)7/h17-21,23H,8-16H2,1-7H3/t17?,18?,19?,20?,21?,23?,27-,28+,29+,30?/m0/s1. The molecule has 0 N–H and O–H groups in total. The van der Waals surface area contributed by atoms with Gasteiger partial charge in [-0.15, -0.1) is 0 Å². The van der Waals surface area contributed by atoms with Crippen molar-refractivity contribution in [3.63, 3.8) is 0 Å². The second-order valence-corrected chi connectivity index (χ2v) is 16.5. The fourth-order valence-corrected chi connectivity index (χ4v) is 13.0. The van der Waals surface area contributed by atoms with Crippen molar-refractivity contribution in [1.82, 2.24) is 0 Å². The van der Waals surface area contributed by atoms with Crippen molar-refractivity contribution in [2.75, 3.05) is 0 Å². The minimum atomic E-state index is -0.260. The van der Waals surface area contributed by atoms with Crippen molar-refractivity contribution in [1.29, 1.82) is 0 Å². The van der Waals surface area contributed by atoms with Gasteiger partial charge in [0, 0.05) is 16.7 Å². The van der Waals surface area contributed by atoms with Crippen LogP contribution in [0.25, 0.3) is 0 Å². The maximum absolute atomic E-state index is 13.4. The van der Waals surface area contributed by atoms with E-state index in [-0.39, 0.29) is 49.4 Å². The summed E-state index contributed by atoms with van der Waals surface area (Å²) in [6.45, 7) is 16.9. The third-order valence-electron chi connectivity index (χ3n) is 13.7. The largest absolute Gasteiger partial charge is 0.461 e. The van der Waals surface area contributed by atoms with Crippen LogP contribution in [-0.4, -0.2) is 22.7 Å². The van der Waals surface area contributed by atoms with Crippen molar-refractivity contribution in [2.24, 2.45) is 56.2 Å². The summed E-state index contributed by atoms with van der Waals surface area (Å²) in [7, 11) is 0. The van der Waals surface area contributed by atoms with Crippen molar-refractivity contribution in [3.05, 3.63) is 0 Å². The number of hydrogen-bond donors (Lipinski definition) is 0. The molecule has 10 atom stereocenters. The number of Topliss-reactive ketones (excluding diaryl/α,β-unsaturated/α-hetero) is 1. The molecule has 0 amide bonds. The quantitative estimate of drug-likeness (QED) is 0.242. The predicted molar refractivity (Wildman–Crippen MR) is 137 cm³/mol. The lowest BCUT2D eigenvalue weighted by Gasteiger charge is -2.72. The molecule has 3 nitrogen and oxygen atoms in total. The number of alkyl halides is 1. The number of esters is 1. The molecule has 1 heterocycles. The van der Waals surface area contributed by atoms with Crippen molar-refractivity contribution in [2.45, 2.75) is 117 Å². The highest BCUT2D eigenvalue weighted by molar-refractivity contribution is 9.10. The summed E-state index contributed by atoms with van der Waals surface area (Å²) < 4.78 is 6.28. The first-order valence-corrected chi connectivity index (χ1v) is 15.0. The number of ketones is 1. The molecule has 6 rings (SSSR count). The first-order chi connectivity index (χ1) is 15.7. The second kappa shape index (κ2) is 6.73. The predicted octanol–water partition coefficient (Wildman–Crippen LogP) is 7.35. The lowest BCUT2D eigenvalue weighted by Crippen LogP contribution is -2.68. The van der Waals surface area contributed by atoms with Crippen molar-refractivity contribution >= 4 is 27.7 Å². The molecule has 4 heteroatoms. The molecule has 0 radical (unpaired) electrons. The molecule has 6 aliphatic rings. The molecule has 0 aromatic rings. The van der Waals surface area contributed by atoms with Gasteiger partial charge in [-0.1, -0.05) is 64.4 Å². The van der Waals surface area contributed by atoms with Gasteiger partial charge in [-0.05, 0) is 91.8 Å². The van der Waals surface area contributed by atoms with Crippen LogP contribution in [0, 0.1) is 56.2 Å². The Balaban J connectivity index is 1.42. The highest BCUT2D eigenvalue weighted by Crippen LogP contribution is 2.78. The third-order valence-corrected chi connectivity index (χ3v) is 14.5. The van der Waals surface area contributed by atoms with Crippen molar-refractivity contribution < 1.29 is 14.3 Å². The second-order valence-electron chi connectivity index (χ2n) is 15.4. The van der Waals surface area contributed by atoms with Crippen LogP contribution in [0.4, 0.5) is 0 Å². The average molecular weight is 534 g/mol. The van der Waals surface area contributed by atoms with E-state index in [1.165, 1.54) is 19.3 Å². The molecule has 5 saturated carbocycles. The summed E-state index contributed by atoms with van der Waals surface area (Å²) in [6.07, 6.45) is 10.2. The third kappa shape index (κ3) is 2.51. The van der Waals surface area contributed by atoms with Gasteiger partial charge in [0.2, 0.25) is 0 Å². The van der Waals surface area contributed by atoms with E-state index in [9.17, 15) is 9.59 Å². The molecule has 1 saturated heterocycles. The van der Waals surface area contributed by atoms with E-state index in [1.54, 1.807) is 0 Å². The summed E-state index contributed by atoms with van der Waals surface area (Å²) in [5.74, 6) is 2.59. The molecule has 6 fully saturated rings. The van der Waals surface area contributed by atoms with E-state index < -0.39 is 0 Å². The molecule has 2 bridgehead atoms. The van der Waals surface area contributed by atoms with Crippen LogP contribution in [-0.2, 0) is 14.3 Å². The van der Waals surface area contributed by atoms with Gasteiger partial charge >= 0.3 is 5.97 Å².